The van der Waals surface area contributed by atoms with E-state index in [1.807, 2.05) is 0 Å². The van der Waals surface area contributed by atoms with Crippen molar-refractivity contribution in [1.29, 1.82) is 0 Å². The van der Waals surface area contributed by atoms with Crippen LogP contribution in [-0.2, 0) is 18.9 Å². The summed E-state index contributed by atoms with van der Waals surface area (Å²) in [5.74, 6) is 26.1. The molecule has 0 radical (unpaired) electrons. The predicted octanol–water partition coefficient (Wildman–Crippen LogP) is -1.13. The van der Waals surface area contributed by atoms with E-state index in [1.54, 1.807) is 36.4 Å². The lowest BCUT2D eigenvalue weighted by atomic mass is 9.99. The van der Waals surface area contributed by atoms with E-state index in [0.29, 0.717) is 67.9 Å². The maximum atomic E-state index is 10.2. The van der Waals surface area contributed by atoms with Gasteiger partial charge in [0.15, 0.2) is 12.6 Å². The average Bonchev–Trinajstić information content (AvgIpc) is 3.32. The molecule has 5 rings (SSSR count). The van der Waals surface area contributed by atoms with Crippen molar-refractivity contribution in [1.82, 2.24) is 0 Å². The van der Waals surface area contributed by atoms with Crippen LogP contribution in [0.1, 0.15) is 33.4 Å². The molecule has 2 saturated heterocycles. The Morgan fingerprint density at radius 3 is 0.875 bits per heavy atom. The van der Waals surface area contributed by atoms with Gasteiger partial charge in [-0.3, -0.25) is 0 Å². The zero-order chi connectivity index (χ0) is 46.5. The van der Waals surface area contributed by atoms with Crippen LogP contribution < -0.4 is 28.4 Å². The molecule has 8 N–H and O–H groups in total. The molecule has 18 heteroatoms. The van der Waals surface area contributed by atoms with Gasteiger partial charge >= 0.3 is 0 Å². The lowest BCUT2D eigenvalue weighted by Gasteiger charge is -2.39. The van der Waals surface area contributed by atoms with Gasteiger partial charge in [0.2, 0.25) is 0 Å². The van der Waals surface area contributed by atoms with Crippen LogP contribution in [-0.4, -0.2) is 171 Å². The zero-order valence-electron chi connectivity index (χ0n) is 35.7. The molecular weight excluding hydrogens is 840 g/mol. The lowest BCUT2D eigenvalue weighted by molar-refractivity contribution is -0.298. The monoisotopic (exact) mass is 890 g/mol. The molecule has 2 aliphatic rings. The van der Waals surface area contributed by atoms with Crippen molar-refractivity contribution in [2.24, 2.45) is 0 Å². The highest BCUT2D eigenvalue weighted by Gasteiger charge is 2.45. The molecule has 0 aliphatic carbocycles. The molecule has 0 amide bonds. The number of aliphatic hydroxyl groups excluding tert-OH is 8. The van der Waals surface area contributed by atoms with Gasteiger partial charge in [0, 0.05) is 36.4 Å². The van der Waals surface area contributed by atoms with Gasteiger partial charge in [-0.2, -0.15) is 0 Å². The summed E-state index contributed by atoms with van der Waals surface area (Å²) < 4.78 is 55.4. The van der Waals surface area contributed by atoms with Crippen molar-refractivity contribution in [3.05, 3.63) is 69.8 Å². The third-order valence-electron chi connectivity index (χ3n) is 10.0. The Bertz CT molecular complexity index is 2170. The van der Waals surface area contributed by atoms with Crippen LogP contribution in [0.5, 0.6) is 34.5 Å². The maximum Gasteiger partial charge on any atom is 0.187 e. The minimum atomic E-state index is -1.58. The van der Waals surface area contributed by atoms with Gasteiger partial charge < -0.3 is 88.2 Å². The van der Waals surface area contributed by atoms with E-state index in [0.717, 1.165) is 0 Å². The standard InChI is InChI=1S/C46H50O18/c1-55-31-19-27(33(57-3)17-25(31)9-7-15-61-45-43(53)41(51)39(49)37(23-47)63-45)11-13-29-21-36(60-6)30(22-35(29)59-5)14-12-28-20-32(56-2)26(18-34(28)58-4)10-8-16-62-46-44(54)42(52)40(50)38(24-48)64-46/h17-22,37-54H,15-16,23-24H2,1-6H3/t37-,38-,39-,40-,41+,42+,43-,44-,45-,46-/m1/s1. The fourth-order valence-corrected chi connectivity index (χ4v) is 6.47. The Balaban J connectivity index is 1.34. The second-order valence-corrected chi connectivity index (χ2v) is 13.9. The van der Waals surface area contributed by atoms with Crippen molar-refractivity contribution in [2.75, 3.05) is 69.1 Å². The van der Waals surface area contributed by atoms with Crippen molar-refractivity contribution < 1.29 is 88.2 Å². The molecule has 0 aromatic heterocycles. The van der Waals surface area contributed by atoms with Crippen molar-refractivity contribution in [3.63, 3.8) is 0 Å². The Kier molecular flexibility index (Phi) is 17.9. The fourth-order valence-electron chi connectivity index (χ4n) is 6.47. The molecule has 2 heterocycles. The Hall–Kier alpha value is -5.78. The van der Waals surface area contributed by atoms with Crippen molar-refractivity contribution in [3.8, 4) is 81.9 Å². The number of hydrogen-bond acceptors (Lipinski definition) is 18. The van der Waals surface area contributed by atoms with Gasteiger partial charge in [-0.25, -0.2) is 0 Å². The van der Waals surface area contributed by atoms with E-state index < -0.39 is 74.6 Å². The Labute approximate surface area is 369 Å². The quantitative estimate of drug-likeness (QED) is 0.100. The summed E-state index contributed by atoms with van der Waals surface area (Å²) in [5.41, 5.74) is 2.73. The smallest absolute Gasteiger partial charge is 0.187 e. The van der Waals surface area contributed by atoms with E-state index in [2.05, 4.69) is 47.4 Å². The van der Waals surface area contributed by atoms with Gasteiger partial charge in [-0.15, -0.1) is 0 Å². The minimum Gasteiger partial charge on any atom is -0.495 e. The summed E-state index contributed by atoms with van der Waals surface area (Å²) in [4.78, 5) is 0. The van der Waals surface area contributed by atoms with Crippen LogP contribution in [0.3, 0.4) is 0 Å². The molecule has 10 atom stereocenters. The molecule has 18 nitrogen and oxygen atoms in total. The third-order valence-corrected chi connectivity index (χ3v) is 10.0. The number of hydrogen-bond donors (Lipinski definition) is 8. The van der Waals surface area contributed by atoms with Gasteiger partial charge in [0.25, 0.3) is 0 Å². The van der Waals surface area contributed by atoms with Gasteiger partial charge in [0.1, 0.15) is 96.5 Å². The highest BCUT2D eigenvalue weighted by Crippen LogP contribution is 2.32. The highest BCUT2D eigenvalue weighted by molar-refractivity contribution is 5.65. The number of rotatable bonds is 12. The molecule has 0 unspecified atom stereocenters. The summed E-state index contributed by atoms with van der Waals surface area (Å²) in [6, 6.07) is 9.91. The Morgan fingerprint density at radius 2 is 0.641 bits per heavy atom. The lowest BCUT2D eigenvalue weighted by Crippen LogP contribution is -2.59. The molecule has 0 saturated carbocycles. The first-order valence-corrected chi connectivity index (χ1v) is 19.5. The molecule has 0 bridgehead atoms. The summed E-state index contributed by atoms with van der Waals surface area (Å²) in [5, 5.41) is 79.2. The molecule has 0 spiro atoms. The molecule has 2 fully saturated rings. The number of ether oxygens (including phenoxy) is 10. The van der Waals surface area contributed by atoms with Crippen LogP contribution in [0.25, 0.3) is 0 Å². The second-order valence-electron chi connectivity index (χ2n) is 13.9. The Morgan fingerprint density at radius 1 is 0.391 bits per heavy atom. The molecule has 3 aromatic carbocycles. The molecule has 2 aliphatic heterocycles. The topological polar surface area (TPSA) is 254 Å². The average molecular weight is 891 g/mol. The molecule has 342 valence electrons. The van der Waals surface area contributed by atoms with Crippen LogP contribution in [0.2, 0.25) is 0 Å². The molecular formula is C46H50O18. The highest BCUT2D eigenvalue weighted by atomic mass is 16.7. The van der Waals surface area contributed by atoms with Crippen molar-refractivity contribution >= 4 is 0 Å². The maximum absolute atomic E-state index is 10.2. The zero-order valence-corrected chi connectivity index (χ0v) is 35.7. The number of methoxy groups -OCH3 is 6. The summed E-state index contributed by atoms with van der Waals surface area (Å²) in [6.45, 7) is -1.65. The largest absolute Gasteiger partial charge is 0.495 e. The number of aliphatic hydroxyl groups is 8. The number of benzene rings is 3. The van der Waals surface area contributed by atoms with Crippen molar-refractivity contribution in [2.45, 2.75) is 61.4 Å². The van der Waals surface area contributed by atoms with Gasteiger partial charge in [-0.05, 0) is 0 Å². The first-order chi connectivity index (χ1) is 30.9. The van der Waals surface area contributed by atoms with Gasteiger partial charge in [-0.1, -0.05) is 47.4 Å². The SMILES string of the molecule is COc1cc(C#Cc2cc(OC)c(C#Cc3cc(OC)c(C#CCO[C@@H]4O[C@H](CO)[C@@H](O)[C@H](O)[C@H]4O)cc3OC)cc2OC)c(OC)cc1C#CCO[C@@H]1O[C@H](CO)[C@@H](O)[C@H](O)[C@H]1O. The predicted molar refractivity (Wildman–Crippen MR) is 224 cm³/mol. The first kappa shape index (κ1) is 49.2. The van der Waals surface area contributed by atoms with E-state index in [9.17, 15) is 40.9 Å². The third kappa shape index (κ3) is 11.5. The van der Waals surface area contributed by atoms with E-state index in [1.165, 1.54) is 42.7 Å². The normalized spacial score (nSPS) is 24.8. The minimum absolute atomic E-state index is 0.237. The fraction of sp³-hybridized carbons (Fsp3) is 0.435. The van der Waals surface area contributed by atoms with Crippen LogP contribution in [0, 0.1) is 47.4 Å². The summed E-state index contributed by atoms with van der Waals surface area (Å²) in [7, 11) is 8.86. The molecule has 64 heavy (non-hydrogen) atoms. The summed E-state index contributed by atoms with van der Waals surface area (Å²) >= 11 is 0. The second kappa shape index (κ2) is 23.2. The molecule has 3 aromatic rings. The van der Waals surface area contributed by atoms with E-state index >= 15 is 0 Å². The van der Waals surface area contributed by atoms with Gasteiger partial charge in [0.05, 0.1) is 89.3 Å². The van der Waals surface area contributed by atoms with E-state index in [-0.39, 0.29) is 13.2 Å². The first-order valence-electron chi connectivity index (χ1n) is 19.5. The van der Waals surface area contributed by atoms with Crippen LogP contribution in [0.4, 0.5) is 0 Å². The van der Waals surface area contributed by atoms with Crippen LogP contribution >= 0.6 is 0 Å². The summed E-state index contributed by atoms with van der Waals surface area (Å²) in [6.07, 6.45) is -14.2. The van der Waals surface area contributed by atoms with E-state index in [4.69, 9.17) is 47.4 Å². The van der Waals surface area contributed by atoms with Crippen LogP contribution in [0.15, 0.2) is 36.4 Å².